The van der Waals surface area contributed by atoms with E-state index < -0.39 is 15.7 Å². The Bertz CT molecular complexity index is 636. The standard InChI is InChI=1S/C12H10FNO2S/c13-9-4-6-11(7-5-9)17(15,16)12-3-1-2-10(14)8-12/h1-8H,14H2. The summed E-state index contributed by atoms with van der Waals surface area (Å²) in [6.07, 6.45) is 0. The van der Waals surface area contributed by atoms with Crippen LogP contribution in [0, 0.1) is 5.82 Å². The molecule has 0 atom stereocenters. The van der Waals surface area contributed by atoms with E-state index in [1.807, 2.05) is 0 Å². The van der Waals surface area contributed by atoms with Gasteiger partial charge in [-0.05, 0) is 42.5 Å². The molecule has 0 aliphatic heterocycles. The number of nitrogens with two attached hydrogens (primary N) is 1. The highest BCUT2D eigenvalue weighted by atomic mass is 32.2. The molecule has 0 amide bonds. The zero-order valence-electron chi connectivity index (χ0n) is 8.80. The second kappa shape index (κ2) is 4.18. The van der Waals surface area contributed by atoms with Gasteiger partial charge in [-0.25, -0.2) is 12.8 Å². The molecule has 0 unspecified atom stereocenters. The topological polar surface area (TPSA) is 60.2 Å². The van der Waals surface area contributed by atoms with Crippen molar-refractivity contribution in [2.24, 2.45) is 0 Å². The Morgan fingerprint density at radius 1 is 0.941 bits per heavy atom. The highest BCUT2D eigenvalue weighted by molar-refractivity contribution is 7.91. The van der Waals surface area contributed by atoms with Crippen LogP contribution in [0.1, 0.15) is 0 Å². The molecule has 0 fully saturated rings. The van der Waals surface area contributed by atoms with Crippen molar-refractivity contribution in [3.63, 3.8) is 0 Å². The van der Waals surface area contributed by atoms with Gasteiger partial charge < -0.3 is 5.73 Å². The molecule has 88 valence electrons. The van der Waals surface area contributed by atoms with Gasteiger partial charge in [-0.2, -0.15) is 0 Å². The fourth-order valence-electron chi connectivity index (χ4n) is 1.43. The molecule has 0 spiro atoms. The third kappa shape index (κ3) is 2.29. The second-order valence-corrected chi connectivity index (χ2v) is 5.48. The molecule has 0 aliphatic rings. The van der Waals surface area contributed by atoms with Crippen molar-refractivity contribution in [1.82, 2.24) is 0 Å². The molecule has 2 rings (SSSR count). The highest BCUT2D eigenvalue weighted by Gasteiger charge is 2.17. The Labute approximate surface area is 98.6 Å². The summed E-state index contributed by atoms with van der Waals surface area (Å²) in [5.41, 5.74) is 5.90. The second-order valence-electron chi connectivity index (χ2n) is 3.53. The van der Waals surface area contributed by atoms with E-state index in [1.165, 1.54) is 24.3 Å². The maximum atomic E-state index is 12.7. The molecule has 0 saturated carbocycles. The number of anilines is 1. The van der Waals surface area contributed by atoms with Crippen molar-refractivity contribution in [3.8, 4) is 0 Å². The van der Waals surface area contributed by atoms with Crippen molar-refractivity contribution in [2.45, 2.75) is 9.79 Å². The van der Waals surface area contributed by atoms with E-state index in [4.69, 9.17) is 5.73 Å². The first-order chi connectivity index (χ1) is 8.00. The maximum absolute atomic E-state index is 12.7. The van der Waals surface area contributed by atoms with Crippen molar-refractivity contribution in [2.75, 3.05) is 5.73 Å². The molecule has 0 saturated heterocycles. The van der Waals surface area contributed by atoms with Crippen LogP contribution in [-0.4, -0.2) is 8.42 Å². The predicted octanol–water partition coefficient (Wildman–Crippen LogP) is 2.24. The van der Waals surface area contributed by atoms with Gasteiger partial charge in [-0.3, -0.25) is 0 Å². The van der Waals surface area contributed by atoms with E-state index in [9.17, 15) is 12.8 Å². The summed E-state index contributed by atoms with van der Waals surface area (Å²) in [7, 11) is -3.62. The molecule has 0 bridgehead atoms. The van der Waals surface area contributed by atoms with E-state index in [0.717, 1.165) is 12.1 Å². The van der Waals surface area contributed by atoms with E-state index in [2.05, 4.69) is 0 Å². The van der Waals surface area contributed by atoms with Crippen LogP contribution in [0.15, 0.2) is 58.3 Å². The van der Waals surface area contributed by atoms with Crippen LogP contribution in [0.3, 0.4) is 0 Å². The Hall–Kier alpha value is -1.88. The van der Waals surface area contributed by atoms with Crippen molar-refractivity contribution in [3.05, 3.63) is 54.3 Å². The normalized spacial score (nSPS) is 11.4. The maximum Gasteiger partial charge on any atom is 0.206 e. The van der Waals surface area contributed by atoms with Gasteiger partial charge in [0.2, 0.25) is 9.84 Å². The number of benzene rings is 2. The zero-order chi connectivity index (χ0) is 12.5. The number of sulfone groups is 1. The molecule has 5 heteroatoms. The van der Waals surface area contributed by atoms with Gasteiger partial charge >= 0.3 is 0 Å². The molecule has 0 aromatic heterocycles. The van der Waals surface area contributed by atoms with Gasteiger partial charge in [0.25, 0.3) is 0 Å². The van der Waals surface area contributed by atoms with E-state index in [1.54, 1.807) is 12.1 Å². The zero-order valence-corrected chi connectivity index (χ0v) is 9.62. The van der Waals surface area contributed by atoms with E-state index in [-0.39, 0.29) is 9.79 Å². The van der Waals surface area contributed by atoms with Gasteiger partial charge in [-0.15, -0.1) is 0 Å². The summed E-state index contributed by atoms with van der Waals surface area (Å²) >= 11 is 0. The predicted molar refractivity (Wildman–Crippen MR) is 62.7 cm³/mol. The first kappa shape index (κ1) is 11.6. The van der Waals surface area contributed by atoms with E-state index in [0.29, 0.717) is 5.69 Å². The van der Waals surface area contributed by atoms with Gasteiger partial charge in [0.15, 0.2) is 0 Å². The highest BCUT2D eigenvalue weighted by Crippen LogP contribution is 2.22. The Kier molecular flexibility index (Phi) is 2.85. The Morgan fingerprint density at radius 2 is 1.59 bits per heavy atom. The average molecular weight is 251 g/mol. The van der Waals surface area contributed by atoms with Crippen LogP contribution in [0.5, 0.6) is 0 Å². The number of halogens is 1. The quantitative estimate of drug-likeness (QED) is 0.657. The van der Waals surface area contributed by atoms with Crippen molar-refractivity contribution in [1.29, 1.82) is 0 Å². The number of rotatable bonds is 2. The van der Waals surface area contributed by atoms with Gasteiger partial charge in [0.05, 0.1) is 9.79 Å². The summed E-state index contributed by atoms with van der Waals surface area (Å²) in [5.74, 6) is -0.475. The third-order valence-electron chi connectivity index (χ3n) is 2.29. The summed E-state index contributed by atoms with van der Waals surface area (Å²) in [5, 5.41) is 0. The summed E-state index contributed by atoms with van der Waals surface area (Å²) < 4.78 is 37.0. The lowest BCUT2D eigenvalue weighted by Crippen LogP contribution is -2.02. The monoisotopic (exact) mass is 251 g/mol. The Balaban J connectivity index is 2.54. The van der Waals surface area contributed by atoms with Crippen molar-refractivity contribution < 1.29 is 12.8 Å². The first-order valence-electron chi connectivity index (χ1n) is 4.86. The first-order valence-corrected chi connectivity index (χ1v) is 6.35. The van der Waals surface area contributed by atoms with Crippen molar-refractivity contribution >= 4 is 15.5 Å². The molecule has 2 N–H and O–H groups in total. The molecule has 2 aromatic carbocycles. The lowest BCUT2D eigenvalue weighted by atomic mass is 10.3. The lowest BCUT2D eigenvalue weighted by molar-refractivity contribution is 0.595. The van der Waals surface area contributed by atoms with Gasteiger partial charge in [-0.1, -0.05) is 6.07 Å². The minimum absolute atomic E-state index is 0.0458. The number of hydrogen-bond donors (Lipinski definition) is 1. The molecular weight excluding hydrogens is 241 g/mol. The van der Waals surface area contributed by atoms with Crippen LogP contribution in [0.4, 0.5) is 10.1 Å². The summed E-state index contributed by atoms with van der Waals surface area (Å²) in [6, 6.07) is 10.7. The van der Waals surface area contributed by atoms with Crippen LogP contribution in [-0.2, 0) is 9.84 Å². The Morgan fingerprint density at radius 3 is 2.18 bits per heavy atom. The largest absolute Gasteiger partial charge is 0.399 e. The smallest absolute Gasteiger partial charge is 0.206 e. The fraction of sp³-hybridized carbons (Fsp3) is 0. The lowest BCUT2D eigenvalue weighted by Gasteiger charge is -2.05. The van der Waals surface area contributed by atoms with Crippen LogP contribution in [0.2, 0.25) is 0 Å². The molecule has 2 aromatic rings. The third-order valence-corrected chi connectivity index (χ3v) is 4.06. The van der Waals surface area contributed by atoms with Crippen LogP contribution >= 0.6 is 0 Å². The molecule has 0 heterocycles. The number of hydrogen-bond acceptors (Lipinski definition) is 3. The molecule has 3 nitrogen and oxygen atoms in total. The molecule has 0 aliphatic carbocycles. The van der Waals surface area contributed by atoms with Crippen LogP contribution < -0.4 is 5.73 Å². The average Bonchev–Trinajstić information content (AvgIpc) is 2.29. The van der Waals surface area contributed by atoms with Gasteiger partial charge in [0, 0.05) is 5.69 Å². The fourth-order valence-corrected chi connectivity index (χ4v) is 2.75. The number of nitrogen functional groups attached to an aromatic ring is 1. The van der Waals surface area contributed by atoms with E-state index >= 15 is 0 Å². The minimum atomic E-state index is -3.62. The molecular formula is C12H10FNO2S. The van der Waals surface area contributed by atoms with Gasteiger partial charge in [0.1, 0.15) is 5.82 Å². The molecule has 17 heavy (non-hydrogen) atoms. The van der Waals surface area contributed by atoms with Crippen LogP contribution in [0.25, 0.3) is 0 Å². The summed E-state index contributed by atoms with van der Waals surface area (Å²) in [4.78, 5) is 0.147. The summed E-state index contributed by atoms with van der Waals surface area (Å²) in [6.45, 7) is 0. The SMILES string of the molecule is Nc1cccc(S(=O)(=O)c2ccc(F)cc2)c1. The minimum Gasteiger partial charge on any atom is -0.399 e. The molecule has 0 radical (unpaired) electrons.